The third-order valence-electron chi connectivity index (χ3n) is 5.96. The Hall–Kier alpha value is -2.65. The molecule has 160 valence electrons. The van der Waals surface area contributed by atoms with Gasteiger partial charge < -0.3 is 9.80 Å². The van der Waals surface area contributed by atoms with Crippen LogP contribution in [0.3, 0.4) is 0 Å². The summed E-state index contributed by atoms with van der Waals surface area (Å²) in [4.78, 5) is 15.1. The minimum atomic E-state index is -3.83. The van der Waals surface area contributed by atoms with Gasteiger partial charge in [0, 0.05) is 57.1 Å². The van der Waals surface area contributed by atoms with Crippen molar-refractivity contribution >= 4 is 27.1 Å². The number of nitrogens with zero attached hydrogens (tertiary/aromatic N) is 4. The van der Waals surface area contributed by atoms with Gasteiger partial charge in [0.25, 0.3) is 5.69 Å². The lowest BCUT2D eigenvalue weighted by atomic mass is 10.1. The summed E-state index contributed by atoms with van der Waals surface area (Å²) in [5, 5.41) is 11.4. The standard InChI is InChI=1S/C21H26N4O4S/c1-16-14-22(2)19-8-4-3-7-17(19)15-24(16)20-10-9-18(25(26)27)13-21(20)30(28,29)23-11-5-6-12-23/h3-4,7-10,13,16H,5-6,11-12,14-15H2,1-2H3. The summed E-state index contributed by atoms with van der Waals surface area (Å²) in [5.74, 6) is 0. The van der Waals surface area contributed by atoms with Gasteiger partial charge in [-0.1, -0.05) is 18.2 Å². The molecule has 0 N–H and O–H groups in total. The smallest absolute Gasteiger partial charge is 0.270 e. The normalized spacial score (nSPS) is 20.1. The third-order valence-corrected chi connectivity index (χ3v) is 7.89. The lowest BCUT2D eigenvalue weighted by molar-refractivity contribution is -0.385. The van der Waals surface area contributed by atoms with E-state index in [-0.39, 0.29) is 16.6 Å². The van der Waals surface area contributed by atoms with Gasteiger partial charge >= 0.3 is 0 Å². The van der Waals surface area contributed by atoms with Crippen molar-refractivity contribution in [3.8, 4) is 0 Å². The predicted octanol–water partition coefficient (Wildman–Crippen LogP) is 3.22. The van der Waals surface area contributed by atoms with Crippen molar-refractivity contribution in [3.63, 3.8) is 0 Å². The fourth-order valence-electron chi connectivity index (χ4n) is 4.40. The van der Waals surface area contributed by atoms with E-state index in [4.69, 9.17) is 0 Å². The second kappa shape index (κ2) is 7.88. The van der Waals surface area contributed by atoms with Crippen LogP contribution in [-0.4, -0.2) is 50.4 Å². The van der Waals surface area contributed by atoms with Gasteiger partial charge in [0.05, 0.1) is 10.6 Å². The fraction of sp³-hybridized carbons (Fsp3) is 0.429. The first-order valence-electron chi connectivity index (χ1n) is 10.1. The second-order valence-corrected chi connectivity index (χ2v) is 9.91. The maximum atomic E-state index is 13.4. The van der Waals surface area contributed by atoms with Crippen LogP contribution in [0.25, 0.3) is 0 Å². The van der Waals surface area contributed by atoms with E-state index in [0.29, 0.717) is 31.9 Å². The molecule has 2 aliphatic rings. The molecule has 9 heteroatoms. The maximum absolute atomic E-state index is 13.4. The molecule has 1 atom stereocenters. The van der Waals surface area contributed by atoms with E-state index in [2.05, 4.69) is 22.8 Å². The first-order chi connectivity index (χ1) is 14.3. The number of nitro groups is 1. The first kappa shape index (κ1) is 20.6. The monoisotopic (exact) mass is 430 g/mol. The average Bonchev–Trinajstić information content (AvgIpc) is 3.23. The average molecular weight is 431 g/mol. The quantitative estimate of drug-likeness (QED) is 0.547. The molecule has 0 radical (unpaired) electrons. The van der Waals surface area contributed by atoms with Crippen LogP contribution in [0.5, 0.6) is 0 Å². The summed E-state index contributed by atoms with van der Waals surface area (Å²) in [5.41, 5.74) is 2.51. The Bertz CT molecular complexity index is 1070. The van der Waals surface area contributed by atoms with Crippen molar-refractivity contribution in [2.45, 2.75) is 37.2 Å². The number of sulfonamides is 1. The third kappa shape index (κ3) is 3.63. The van der Waals surface area contributed by atoms with Crippen LogP contribution in [0, 0.1) is 10.1 Å². The Morgan fingerprint density at radius 1 is 1.07 bits per heavy atom. The van der Waals surface area contributed by atoms with Crippen LogP contribution >= 0.6 is 0 Å². The van der Waals surface area contributed by atoms with Crippen LogP contribution in [0.1, 0.15) is 25.3 Å². The zero-order valence-electron chi connectivity index (χ0n) is 17.2. The number of anilines is 2. The number of likely N-dealkylation sites (N-methyl/N-ethyl adjacent to an activating group) is 1. The Kier molecular flexibility index (Phi) is 5.42. The van der Waals surface area contributed by atoms with Gasteiger partial charge in [-0.3, -0.25) is 10.1 Å². The van der Waals surface area contributed by atoms with Gasteiger partial charge in [0.1, 0.15) is 4.90 Å². The molecule has 0 amide bonds. The summed E-state index contributed by atoms with van der Waals surface area (Å²) in [6, 6.07) is 12.3. The molecule has 2 heterocycles. The maximum Gasteiger partial charge on any atom is 0.270 e. The molecule has 2 aliphatic heterocycles. The van der Waals surface area contributed by atoms with Crippen LogP contribution in [0.4, 0.5) is 17.1 Å². The van der Waals surface area contributed by atoms with E-state index in [9.17, 15) is 18.5 Å². The van der Waals surface area contributed by atoms with Gasteiger partial charge in [-0.15, -0.1) is 0 Å². The highest BCUT2D eigenvalue weighted by Crippen LogP contribution is 2.37. The summed E-state index contributed by atoms with van der Waals surface area (Å²) >= 11 is 0. The van der Waals surface area contributed by atoms with Gasteiger partial charge in [-0.25, -0.2) is 8.42 Å². The van der Waals surface area contributed by atoms with Gasteiger partial charge in [-0.05, 0) is 37.5 Å². The number of rotatable bonds is 4. The van der Waals surface area contributed by atoms with Crippen molar-refractivity contribution < 1.29 is 13.3 Å². The second-order valence-electron chi connectivity index (χ2n) is 8.01. The van der Waals surface area contributed by atoms with Crippen molar-refractivity contribution in [1.29, 1.82) is 0 Å². The Morgan fingerprint density at radius 3 is 2.47 bits per heavy atom. The molecule has 4 rings (SSSR count). The first-order valence-corrected chi connectivity index (χ1v) is 11.6. The van der Waals surface area contributed by atoms with Crippen molar-refractivity contribution in [3.05, 3.63) is 58.1 Å². The number of benzene rings is 2. The molecule has 2 aromatic rings. The highest BCUT2D eigenvalue weighted by Gasteiger charge is 2.34. The Morgan fingerprint density at radius 2 is 1.77 bits per heavy atom. The molecule has 2 aromatic carbocycles. The van der Waals surface area contributed by atoms with Crippen LogP contribution < -0.4 is 9.80 Å². The van der Waals surface area contributed by atoms with Gasteiger partial charge in [-0.2, -0.15) is 4.31 Å². The number of hydrogen-bond donors (Lipinski definition) is 0. The van der Waals surface area contributed by atoms with Gasteiger partial charge in [0.2, 0.25) is 10.0 Å². The summed E-state index contributed by atoms with van der Waals surface area (Å²) in [7, 11) is -1.80. The number of hydrogen-bond acceptors (Lipinski definition) is 6. The Labute approximate surface area is 176 Å². The van der Waals surface area contributed by atoms with E-state index >= 15 is 0 Å². The molecule has 0 aromatic heterocycles. The summed E-state index contributed by atoms with van der Waals surface area (Å²) < 4.78 is 28.3. The molecule has 30 heavy (non-hydrogen) atoms. The zero-order chi connectivity index (χ0) is 21.5. The fourth-order valence-corrected chi connectivity index (χ4v) is 6.14. The van der Waals surface area contributed by atoms with Crippen LogP contribution in [-0.2, 0) is 16.6 Å². The largest absolute Gasteiger partial charge is 0.372 e. The molecule has 0 saturated carbocycles. The zero-order valence-corrected chi connectivity index (χ0v) is 18.0. The highest BCUT2D eigenvalue weighted by molar-refractivity contribution is 7.89. The Balaban J connectivity index is 1.85. The van der Waals surface area contributed by atoms with Crippen molar-refractivity contribution in [2.75, 3.05) is 36.5 Å². The molecular formula is C21H26N4O4S. The van der Waals surface area contributed by atoms with Crippen molar-refractivity contribution in [1.82, 2.24) is 4.31 Å². The number of para-hydroxylation sites is 1. The van der Waals surface area contributed by atoms with Gasteiger partial charge in [0.15, 0.2) is 0 Å². The topological polar surface area (TPSA) is 87.0 Å². The van der Waals surface area contributed by atoms with Crippen LogP contribution in [0.15, 0.2) is 47.4 Å². The van der Waals surface area contributed by atoms with Crippen LogP contribution in [0.2, 0.25) is 0 Å². The van der Waals surface area contributed by atoms with E-state index in [1.165, 1.54) is 16.4 Å². The molecule has 0 aliphatic carbocycles. The number of nitro benzene ring substituents is 1. The minimum absolute atomic E-state index is 0.0105. The molecule has 0 bridgehead atoms. The van der Waals surface area contributed by atoms with E-state index in [1.54, 1.807) is 6.07 Å². The van der Waals surface area contributed by atoms with E-state index < -0.39 is 14.9 Å². The SMILES string of the molecule is CC1CN(C)c2ccccc2CN1c1ccc([N+](=O)[O-])cc1S(=O)(=O)N1CCCC1. The molecule has 1 saturated heterocycles. The predicted molar refractivity (Wildman–Crippen MR) is 116 cm³/mol. The molecule has 0 spiro atoms. The molecule has 1 fully saturated rings. The molecular weight excluding hydrogens is 404 g/mol. The number of fused-ring (bicyclic) bond motifs is 1. The lowest BCUT2D eigenvalue weighted by Crippen LogP contribution is -2.39. The number of non-ortho nitro benzene ring substituents is 1. The lowest BCUT2D eigenvalue weighted by Gasteiger charge is -2.32. The molecule has 1 unspecified atom stereocenters. The summed E-state index contributed by atoms with van der Waals surface area (Å²) in [6.45, 7) is 4.19. The molecule has 8 nitrogen and oxygen atoms in total. The highest BCUT2D eigenvalue weighted by atomic mass is 32.2. The van der Waals surface area contributed by atoms with E-state index in [1.807, 2.05) is 25.2 Å². The van der Waals surface area contributed by atoms with E-state index in [0.717, 1.165) is 24.1 Å². The minimum Gasteiger partial charge on any atom is -0.372 e. The summed E-state index contributed by atoms with van der Waals surface area (Å²) in [6.07, 6.45) is 1.61. The van der Waals surface area contributed by atoms with Crippen molar-refractivity contribution in [2.24, 2.45) is 0 Å².